The van der Waals surface area contributed by atoms with Gasteiger partial charge in [0.25, 0.3) is 0 Å². The summed E-state index contributed by atoms with van der Waals surface area (Å²) in [6.07, 6.45) is 11.0. The zero-order valence-corrected chi connectivity index (χ0v) is 25.2. The van der Waals surface area contributed by atoms with Crippen molar-refractivity contribution in [1.29, 1.82) is 0 Å². The van der Waals surface area contributed by atoms with Crippen molar-refractivity contribution in [2.45, 2.75) is 25.7 Å². The molecule has 6 aromatic rings. The highest BCUT2D eigenvalue weighted by molar-refractivity contribution is 6.00. The summed E-state index contributed by atoms with van der Waals surface area (Å²) in [6.45, 7) is 1.54. The fourth-order valence-corrected chi connectivity index (χ4v) is 6.05. The van der Waals surface area contributed by atoms with Gasteiger partial charge >= 0.3 is 0 Å². The van der Waals surface area contributed by atoms with E-state index in [0.717, 1.165) is 82.3 Å². The van der Waals surface area contributed by atoms with Crippen LogP contribution in [0.15, 0.2) is 67.3 Å². The number of aromatic amines is 2. The second-order valence-corrected chi connectivity index (χ2v) is 11.9. The largest absolute Gasteiger partial charge is 0.384 e. The summed E-state index contributed by atoms with van der Waals surface area (Å²) in [7, 11) is 4.01. The molecule has 4 N–H and O–H groups in total. The monoisotopic (exact) mass is 603 g/mol. The normalized spacial score (nSPS) is 13.7. The highest BCUT2D eigenvalue weighted by atomic mass is 19.1. The zero-order valence-electron chi connectivity index (χ0n) is 25.2. The molecule has 1 amide bonds. The number of amides is 1. The summed E-state index contributed by atoms with van der Waals surface area (Å²) >= 11 is 0. The quantitative estimate of drug-likeness (QED) is 0.149. The molecule has 228 valence electrons. The number of nitrogens with one attached hydrogen (secondary N) is 4. The smallest absolute Gasteiger partial charge is 0.227 e. The molecule has 0 atom stereocenters. The first-order chi connectivity index (χ1) is 21.9. The van der Waals surface area contributed by atoms with Crippen LogP contribution in [0.1, 0.15) is 25.7 Å². The third kappa shape index (κ3) is 5.99. The van der Waals surface area contributed by atoms with E-state index in [0.29, 0.717) is 23.5 Å². The van der Waals surface area contributed by atoms with E-state index in [-0.39, 0.29) is 17.6 Å². The van der Waals surface area contributed by atoms with Crippen molar-refractivity contribution in [3.63, 3.8) is 0 Å². The number of nitrogens with zero attached hydrogens (tertiary/aromatic N) is 5. The molecule has 1 fully saturated rings. The molecule has 0 bridgehead atoms. The number of halogens is 1. The maximum Gasteiger partial charge on any atom is 0.227 e. The van der Waals surface area contributed by atoms with E-state index in [1.165, 1.54) is 6.07 Å². The Bertz CT molecular complexity index is 2010. The predicted molar refractivity (Wildman–Crippen MR) is 175 cm³/mol. The van der Waals surface area contributed by atoms with Crippen molar-refractivity contribution in [2.24, 2.45) is 5.92 Å². The van der Waals surface area contributed by atoms with Gasteiger partial charge < -0.3 is 20.5 Å². The number of benzene rings is 1. The Labute approximate surface area is 259 Å². The summed E-state index contributed by atoms with van der Waals surface area (Å²) in [5, 5.41) is 15.6. The van der Waals surface area contributed by atoms with E-state index in [9.17, 15) is 9.18 Å². The van der Waals surface area contributed by atoms with Crippen molar-refractivity contribution >= 4 is 39.3 Å². The van der Waals surface area contributed by atoms with Gasteiger partial charge in [-0.1, -0.05) is 12.8 Å². The molecule has 0 aliphatic heterocycles. The highest BCUT2D eigenvalue weighted by Gasteiger charge is 2.23. The van der Waals surface area contributed by atoms with Gasteiger partial charge in [-0.15, -0.1) is 0 Å². The molecule has 7 rings (SSSR count). The highest BCUT2D eigenvalue weighted by Crippen LogP contribution is 2.35. The van der Waals surface area contributed by atoms with Gasteiger partial charge in [-0.05, 0) is 80.5 Å². The van der Waals surface area contributed by atoms with E-state index >= 15 is 0 Å². The van der Waals surface area contributed by atoms with Gasteiger partial charge in [0.1, 0.15) is 11.5 Å². The minimum absolute atomic E-state index is 0.0546. The number of fused-ring (bicyclic) bond motifs is 2. The fraction of sp³-hybridized carbons (Fsp3) is 0.265. The third-order valence-electron chi connectivity index (χ3n) is 8.37. The van der Waals surface area contributed by atoms with E-state index in [1.54, 1.807) is 30.9 Å². The molecule has 5 aromatic heterocycles. The predicted octanol–water partition coefficient (Wildman–Crippen LogP) is 6.47. The molecule has 1 aliphatic rings. The molecule has 0 unspecified atom stereocenters. The van der Waals surface area contributed by atoms with E-state index in [1.807, 2.05) is 44.4 Å². The van der Waals surface area contributed by atoms with Crippen molar-refractivity contribution in [1.82, 2.24) is 35.0 Å². The number of pyridine rings is 3. The molecule has 5 heterocycles. The van der Waals surface area contributed by atoms with E-state index in [4.69, 9.17) is 0 Å². The van der Waals surface area contributed by atoms with Crippen LogP contribution in [-0.2, 0) is 4.79 Å². The molecule has 45 heavy (non-hydrogen) atoms. The van der Waals surface area contributed by atoms with Crippen LogP contribution in [0.3, 0.4) is 0 Å². The van der Waals surface area contributed by atoms with Crippen LogP contribution >= 0.6 is 0 Å². The SMILES string of the molecule is CN(C)CCNc1cc(F)cc(-c2ccnc3[nH]c(-c4[nH]nc5ncc(-c6cncc(NC(=O)C7CCCC7)c6)cc45)cc23)c1. The lowest BCUT2D eigenvalue weighted by Crippen LogP contribution is -2.20. The first kappa shape index (κ1) is 28.6. The Morgan fingerprint density at radius 2 is 1.78 bits per heavy atom. The molecule has 11 heteroatoms. The molecule has 0 radical (unpaired) electrons. The maximum absolute atomic E-state index is 14.7. The van der Waals surface area contributed by atoms with Crippen LogP contribution in [-0.4, -0.2) is 68.1 Å². The average Bonchev–Trinajstić information content (AvgIpc) is 3.80. The average molecular weight is 604 g/mol. The van der Waals surface area contributed by atoms with Crippen molar-refractivity contribution in [3.8, 4) is 33.6 Å². The van der Waals surface area contributed by atoms with Crippen LogP contribution in [0.25, 0.3) is 55.7 Å². The Balaban J connectivity index is 1.20. The number of rotatable bonds is 9. The minimum atomic E-state index is -0.310. The number of aromatic nitrogens is 6. The molecule has 1 aliphatic carbocycles. The molecule has 0 spiro atoms. The van der Waals surface area contributed by atoms with E-state index in [2.05, 4.69) is 45.7 Å². The number of hydrogen-bond acceptors (Lipinski definition) is 7. The molecule has 0 saturated heterocycles. The van der Waals surface area contributed by atoms with Gasteiger partial charge in [0.05, 0.1) is 23.3 Å². The van der Waals surface area contributed by atoms with Gasteiger partial charge in [0.15, 0.2) is 5.65 Å². The van der Waals surface area contributed by atoms with Crippen molar-refractivity contribution < 1.29 is 9.18 Å². The van der Waals surface area contributed by atoms with Crippen LogP contribution in [0.5, 0.6) is 0 Å². The second-order valence-electron chi connectivity index (χ2n) is 11.9. The Kier molecular flexibility index (Phi) is 7.68. The van der Waals surface area contributed by atoms with Gasteiger partial charge in [-0.2, -0.15) is 5.10 Å². The summed E-state index contributed by atoms with van der Waals surface area (Å²) in [5.74, 6) is -0.186. The number of anilines is 2. The summed E-state index contributed by atoms with van der Waals surface area (Å²) in [4.78, 5) is 31.7. The second kappa shape index (κ2) is 12.1. The number of H-pyrrole nitrogens is 2. The molecular weight excluding hydrogens is 569 g/mol. The number of hydrogen-bond donors (Lipinski definition) is 4. The molecule has 1 saturated carbocycles. The summed E-state index contributed by atoms with van der Waals surface area (Å²) < 4.78 is 14.7. The lowest BCUT2D eigenvalue weighted by Gasteiger charge is -2.13. The van der Waals surface area contributed by atoms with E-state index < -0.39 is 0 Å². The Morgan fingerprint density at radius 1 is 0.956 bits per heavy atom. The van der Waals surface area contributed by atoms with Crippen LogP contribution in [0.2, 0.25) is 0 Å². The van der Waals surface area contributed by atoms with Crippen LogP contribution < -0.4 is 10.6 Å². The summed E-state index contributed by atoms with van der Waals surface area (Å²) in [6, 6.07) is 12.8. The molecule has 10 nitrogen and oxygen atoms in total. The third-order valence-corrected chi connectivity index (χ3v) is 8.37. The fourth-order valence-electron chi connectivity index (χ4n) is 6.05. The standard InChI is InChI=1S/C34H34FN9O/c1-44(2)10-9-37-25-12-21(11-24(35)15-25)27-7-8-38-32-28(27)16-30(41-32)31-29-14-23(18-39-33(29)43-42-31)22-13-26(19-36-17-22)40-34(45)20-5-3-4-6-20/h7-8,11-20,37H,3-6,9-10H2,1-2H3,(H,38,41)(H,40,45)(H,39,42,43). The van der Waals surface area contributed by atoms with Gasteiger partial charge in [0, 0.05) is 65.2 Å². The maximum atomic E-state index is 14.7. The van der Waals surface area contributed by atoms with Crippen molar-refractivity contribution in [2.75, 3.05) is 37.8 Å². The zero-order chi connectivity index (χ0) is 30.9. The Morgan fingerprint density at radius 3 is 2.62 bits per heavy atom. The number of carbonyl (C=O) groups is 1. The summed E-state index contributed by atoms with van der Waals surface area (Å²) in [5.41, 5.74) is 7.47. The Hall–Kier alpha value is -5.16. The topological polar surface area (TPSA) is 128 Å². The van der Waals surface area contributed by atoms with Crippen LogP contribution in [0.4, 0.5) is 15.8 Å². The van der Waals surface area contributed by atoms with Crippen LogP contribution in [0, 0.1) is 11.7 Å². The van der Waals surface area contributed by atoms with Gasteiger partial charge in [-0.25, -0.2) is 14.4 Å². The lowest BCUT2D eigenvalue weighted by molar-refractivity contribution is -0.119. The molecule has 1 aromatic carbocycles. The van der Waals surface area contributed by atoms with Gasteiger partial charge in [-0.3, -0.25) is 14.9 Å². The van der Waals surface area contributed by atoms with Gasteiger partial charge in [0.2, 0.25) is 5.91 Å². The lowest BCUT2D eigenvalue weighted by atomic mass is 10.0. The first-order valence-electron chi connectivity index (χ1n) is 15.2. The first-order valence-corrected chi connectivity index (χ1v) is 15.2. The number of likely N-dealkylation sites (N-methyl/N-ethyl adjacent to an activating group) is 1. The molecular formula is C34H34FN9O. The number of carbonyl (C=O) groups excluding carboxylic acids is 1. The van der Waals surface area contributed by atoms with Crippen molar-refractivity contribution in [3.05, 3.63) is 73.1 Å². The minimum Gasteiger partial charge on any atom is -0.384 e.